The van der Waals surface area contributed by atoms with Crippen LogP contribution in [0.1, 0.15) is 34.1 Å². The maximum atomic E-state index is 11.8. The minimum Gasteiger partial charge on any atom is -0.350 e. The molecular formula is C11H19NO3S. The molecule has 1 atom stereocenters. The molecule has 16 heavy (non-hydrogen) atoms. The third-order valence-corrected chi connectivity index (χ3v) is 3.16. The van der Waals surface area contributed by atoms with E-state index in [2.05, 4.69) is 5.32 Å². The Bertz CT molecular complexity index is 373. The highest BCUT2D eigenvalue weighted by Crippen LogP contribution is 2.11. The van der Waals surface area contributed by atoms with Crippen molar-refractivity contribution in [3.05, 3.63) is 22.6 Å². The van der Waals surface area contributed by atoms with Crippen molar-refractivity contribution in [3.8, 4) is 0 Å². The third kappa shape index (κ3) is 4.18. The molecular weight excluding hydrogens is 226 g/mol. The Morgan fingerprint density at radius 2 is 1.88 bits per heavy atom. The molecule has 5 heteroatoms. The van der Waals surface area contributed by atoms with E-state index in [1.807, 2.05) is 13.8 Å². The zero-order valence-electron chi connectivity index (χ0n) is 10.1. The monoisotopic (exact) mass is 245 g/mol. The van der Waals surface area contributed by atoms with Crippen LogP contribution in [0.3, 0.4) is 0 Å². The lowest BCUT2D eigenvalue weighted by molar-refractivity contribution is -0.117. The molecule has 0 radical (unpaired) electrons. The summed E-state index contributed by atoms with van der Waals surface area (Å²) in [5.41, 5.74) is 0.207. The number of carbonyl (C=O) groups excluding carboxylic acids is 1. The van der Waals surface area contributed by atoms with Gasteiger partial charge in [-0.2, -0.15) is 0 Å². The van der Waals surface area contributed by atoms with Crippen molar-refractivity contribution in [2.24, 2.45) is 0 Å². The summed E-state index contributed by atoms with van der Waals surface area (Å²) in [6, 6.07) is 0.0325. The topological polar surface area (TPSA) is 63.2 Å². The second-order valence-corrected chi connectivity index (χ2v) is 4.41. The molecule has 1 amide bonds. The van der Waals surface area contributed by atoms with Crippen LogP contribution < -0.4 is 5.32 Å². The van der Waals surface area contributed by atoms with Gasteiger partial charge in [0, 0.05) is 6.04 Å². The first-order valence-electron chi connectivity index (χ1n) is 5.26. The molecule has 0 aliphatic rings. The summed E-state index contributed by atoms with van der Waals surface area (Å²) in [5.74, 6) is -0.343. The van der Waals surface area contributed by atoms with Crippen molar-refractivity contribution in [1.29, 1.82) is 0 Å². The molecule has 0 saturated carbocycles. The summed E-state index contributed by atoms with van der Waals surface area (Å²) in [6.45, 7) is 7.07. The van der Waals surface area contributed by atoms with E-state index in [4.69, 9.17) is 0 Å². The predicted molar refractivity (Wildman–Crippen MR) is 65.7 cm³/mol. The molecule has 1 N–H and O–H groups in total. The summed E-state index contributed by atoms with van der Waals surface area (Å²) in [4.78, 5) is 11.8. The van der Waals surface area contributed by atoms with Gasteiger partial charge in [0.25, 0.3) is 5.91 Å². The molecule has 0 aromatic carbocycles. The van der Waals surface area contributed by atoms with Crippen LogP contribution in [0.15, 0.2) is 22.6 Å². The molecule has 4 nitrogen and oxygen atoms in total. The fraction of sp³-hybridized carbons (Fsp3) is 0.545. The van der Waals surface area contributed by atoms with E-state index in [-0.39, 0.29) is 22.4 Å². The fourth-order valence-electron chi connectivity index (χ4n) is 1.16. The van der Waals surface area contributed by atoms with Gasteiger partial charge in [-0.1, -0.05) is 19.1 Å². The van der Waals surface area contributed by atoms with E-state index >= 15 is 0 Å². The van der Waals surface area contributed by atoms with Gasteiger partial charge in [-0.05, 0) is 27.2 Å². The van der Waals surface area contributed by atoms with Crippen LogP contribution in [-0.4, -0.2) is 20.4 Å². The standard InChI is InChI=1S/C11H19NO3S/c1-5-8(4)12-11(13)9(6-2)10(7-3)16(14)15/h6-8,16H,5H2,1-4H3,(H,12,13)/b9-6+,10-7+. The number of thiol groups is 1. The van der Waals surface area contributed by atoms with Gasteiger partial charge in [0.05, 0.1) is 10.5 Å². The van der Waals surface area contributed by atoms with Crippen LogP contribution in [-0.2, 0) is 15.5 Å². The third-order valence-electron chi connectivity index (χ3n) is 2.27. The molecule has 0 rings (SSSR count). The van der Waals surface area contributed by atoms with Gasteiger partial charge in [-0.25, -0.2) is 8.42 Å². The van der Waals surface area contributed by atoms with Crippen LogP contribution >= 0.6 is 0 Å². The van der Waals surface area contributed by atoms with Crippen LogP contribution in [0, 0.1) is 0 Å². The van der Waals surface area contributed by atoms with Gasteiger partial charge in [0.2, 0.25) is 0 Å². The van der Waals surface area contributed by atoms with Gasteiger partial charge in [-0.3, -0.25) is 4.79 Å². The maximum Gasteiger partial charge on any atom is 0.252 e. The van der Waals surface area contributed by atoms with Crippen LogP contribution in [0.4, 0.5) is 0 Å². The number of nitrogens with one attached hydrogen (secondary N) is 1. The Kier molecular flexibility index (Phi) is 6.72. The van der Waals surface area contributed by atoms with Crippen LogP contribution in [0.25, 0.3) is 0 Å². The molecule has 0 saturated heterocycles. The number of carbonyl (C=O) groups is 1. The van der Waals surface area contributed by atoms with Crippen molar-refractivity contribution in [2.75, 3.05) is 0 Å². The van der Waals surface area contributed by atoms with Crippen molar-refractivity contribution < 1.29 is 13.2 Å². The number of hydrogen-bond donors (Lipinski definition) is 2. The highest BCUT2D eigenvalue weighted by Gasteiger charge is 2.16. The number of amides is 1. The molecule has 0 aromatic rings. The molecule has 0 heterocycles. The largest absolute Gasteiger partial charge is 0.350 e. The highest BCUT2D eigenvalue weighted by atomic mass is 32.2. The Morgan fingerprint density at radius 1 is 1.31 bits per heavy atom. The average molecular weight is 245 g/mol. The van der Waals surface area contributed by atoms with E-state index in [9.17, 15) is 13.2 Å². The minimum atomic E-state index is -2.74. The number of rotatable bonds is 5. The van der Waals surface area contributed by atoms with Crippen molar-refractivity contribution >= 4 is 16.6 Å². The Morgan fingerprint density at radius 3 is 2.19 bits per heavy atom. The van der Waals surface area contributed by atoms with Crippen molar-refractivity contribution in [3.63, 3.8) is 0 Å². The predicted octanol–water partition coefficient (Wildman–Crippen LogP) is 1.36. The lowest BCUT2D eigenvalue weighted by Gasteiger charge is -2.13. The first-order valence-corrected chi connectivity index (χ1v) is 6.43. The molecule has 0 aromatic heterocycles. The quantitative estimate of drug-likeness (QED) is 0.437. The second kappa shape index (κ2) is 7.22. The molecule has 1 unspecified atom stereocenters. The average Bonchev–Trinajstić information content (AvgIpc) is 2.24. The Labute approximate surface area is 98.4 Å². The minimum absolute atomic E-state index is 0.0325. The lowest BCUT2D eigenvalue weighted by Crippen LogP contribution is -2.33. The van der Waals surface area contributed by atoms with E-state index in [1.54, 1.807) is 13.8 Å². The number of allylic oxidation sites excluding steroid dienone is 2. The zero-order chi connectivity index (χ0) is 12.7. The first kappa shape index (κ1) is 14.9. The van der Waals surface area contributed by atoms with Crippen LogP contribution in [0.2, 0.25) is 0 Å². The van der Waals surface area contributed by atoms with Gasteiger partial charge in [0.1, 0.15) is 0 Å². The normalized spacial score (nSPS) is 15.1. The van der Waals surface area contributed by atoms with Gasteiger partial charge < -0.3 is 5.32 Å². The van der Waals surface area contributed by atoms with E-state index in [0.717, 1.165) is 6.42 Å². The summed E-state index contributed by atoms with van der Waals surface area (Å²) >= 11 is 0. The van der Waals surface area contributed by atoms with Gasteiger partial charge in [-0.15, -0.1) is 0 Å². The molecule has 0 bridgehead atoms. The lowest BCUT2D eigenvalue weighted by atomic mass is 10.2. The molecule has 0 spiro atoms. The van der Waals surface area contributed by atoms with E-state index in [1.165, 1.54) is 12.2 Å². The summed E-state index contributed by atoms with van der Waals surface area (Å²) in [5, 5.41) is 2.73. The highest BCUT2D eigenvalue weighted by molar-refractivity contribution is 7.77. The summed E-state index contributed by atoms with van der Waals surface area (Å²) < 4.78 is 21.9. The first-order chi connectivity index (χ1) is 7.47. The van der Waals surface area contributed by atoms with Gasteiger partial charge >= 0.3 is 0 Å². The molecule has 0 aliphatic carbocycles. The smallest absolute Gasteiger partial charge is 0.252 e. The van der Waals surface area contributed by atoms with Crippen LogP contribution in [0.5, 0.6) is 0 Å². The second-order valence-electron chi connectivity index (χ2n) is 3.42. The Hall–Kier alpha value is -1.10. The molecule has 0 aliphatic heterocycles. The van der Waals surface area contributed by atoms with E-state index in [0.29, 0.717) is 0 Å². The maximum absolute atomic E-state index is 11.8. The Balaban J connectivity index is 4.96. The number of hydrogen-bond acceptors (Lipinski definition) is 3. The van der Waals surface area contributed by atoms with Crippen molar-refractivity contribution in [1.82, 2.24) is 5.32 Å². The van der Waals surface area contributed by atoms with E-state index < -0.39 is 10.7 Å². The molecule has 0 fully saturated rings. The molecule has 92 valence electrons. The SMILES string of the molecule is C/C=C(C(=O)NC(C)CC)\C(=C/C)[SH](=O)=O. The van der Waals surface area contributed by atoms with Gasteiger partial charge in [0.15, 0.2) is 10.7 Å². The fourth-order valence-corrected chi connectivity index (χ4v) is 1.80. The van der Waals surface area contributed by atoms with Crippen molar-refractivity contribution in [2.45, 2.75) is 40.2 Å². The zero-order valence-corrected chi connectivity index (χ0v) is 11.0. The summed E-state index contributed by atoms with van der Waals surface area (Å²) in [6.07, 6.45) is 3.74. The summed E-state index contributed by atoms with van der Waals surface area (Å²) in [7, 11) is -2.74.